The molecule has 0 aliphatic heterocycles. The van der Waals surface area contributed by atoms with Gasteiger partial charge >= 0.3 is 5.97 Å². The maximum atomic E-state index is 12.4. The lowest BCUT2D eigenvalue weighted by Crippen LogP contribution is -2.45. The molecule has 2 aliphatic rings. The Hall–Kier alpha value is -1.06. The van der Waals surface area contributed by atoms with E-state index in [-0.39, 0.29) is 11.9 Å². The van der Waals surface area contributed by atoms with Crippen LogP contribution in [0.3, 0.4) is 0 Å². The summed E-state index contributed by atoms with van der Waals surface area (Å²) in [6, 6.07) is -0.491. The topological polar surface area (TPSA) is 57.6 Å². The Labute approximate surface area is 115 Å². The summed E-state index contributed by atoms with van der Waals surface area (Å²) in [4.78, 5) is 25.2. The minimum absolute atomic E-state index is 0.0595. The molecule has 1 amide bonds. The molecule has 2 fully saturated rings. The average molecular weight is 267 g/mol. The zero-order chi connectivity index (χ0) is 13.8. The monoisotopic (exact) mass is 267 g/mol. The second kappa shape index (κ2) is 6.40. The molecule has 0 heterocycles. The highest BCUT2D eigenvalue weighted by Crippen LogP contribution is 2.32. The highest BCUT2D eigenvalue weighted by Gasteiger charge is 2.38. The molecule has 2 rings (SSSR count). The van der Waals surface area contributed by atoms with Crippen molar-refractivity contribution in [2.24, 2.45) is 5.92 Å². The van der Waals surface area contributed by atoms with Gasteiger partial charge in [-0.3, -0.25) is 4.79 Å². The third-order valence-corrected chi connectivity index (χ3v) is 4.44. The first kappa shape index (κ1) is 14.4. The van der Waals surface area contributed by atoms with Crippen molar-refractivity contribution in [1.82, 2.24) is 4.90 Å². The van der Waals surface area contributed by atoms with Crippen molar-refractivity contribution < 1.29 is 14.7 Å². The summed E-state index contributed by atoms with van der Waals surface area (Å²) < 4.78 is 0. The summed E-state index contributed by atoms with van der Waals surface area (Å²) in [6.45, 7) is 1.63. The molecule has 0 saturated heterocycles. The van der Waals surface area contributed by atoms with E-state index in [1.54, 1.807) is 11.8 Å². The van der Waals surface area contributed by atoms with Crippen LogP contribution in [0, 0.1) is 5.92 Å². The largest absolute Gasteiger partial charge is 0.480 e. The zero-order valence-corrected chi connectivity index (χ0v) is 11.8. The number of carboxylic acids is 1. The zero-order valence-electron chi connectivity index (χ0n) is 11.8. The molecule has 2 saturated carbocycles. The van der Waals surface area contributed by atoms with Gasteiger partial charge in [-0.1, -0.05) is 25.7 Å². The van der Waals surface area contributed by atoms with E-state index in [4.69, 9.17) is 5.11 Å². The second-order valence-corrected chi connectivity index (χ2v) is 6.11. The van der Waals surface area contributed by atoms with Gasteiger partial charge in [0, 0.05) is 12.5 Å². The SMILES string of the molecule is CC(C(=O)O)N(C(=O)CC1CCCCCC1)C1CC1. The van der Waals surface area contributed by atoms with Crippen molar-refractivity contribution >= 4 is 11.9 Å². The maximum absolute atomic E-state index is 12.4. The Morgan fingerprint density at radius 3 is 2.16 bits per heavy atom. The summed E-state index contributed by atoms with van der Waals surface area (Å²) in [7, 11) is 0. The first-order valence-electron chi connectivity index (χ1n) is 7.63. The predicted octanol–water partition coefficient (Wildman–Crippen LogP) is 2.81. The average Bonchev–Trinajstić information content (AvgIpc) is 3.16. The van der Waals surface area contributed by atoms with E-state index < -0.39 is 12.0 Å². The van der Waals surface area contributed by atoms with Crippen LogP contribution in [0.4, 0.5) is 0 Å². The van der Waals surface area contributed by atoms with Crippen molar-refractivity contribution in [1.29, 1.82) is 0 Å². The molecule has 0 spiro atoms. The lowest BCUT2D eigenvalue weighted by Gasteiger charge is -2.28. The fourth-order valence-electron chi connectivity index (χ4n) is 3.13. The fourth-order valence-corrected chi connectivity index (χ4v) is 3.13. The summed E-state index contributed by atoms with van der Waals surface area (Å²) in [5.74, 6) is -0.359. The van der Waals surface area contributed by atoms with Crippen LogP contribution < -0.4 is 0 Å². The number of hydrogen-bond donors (Lipinski definition) is 1. The molecule has 0 aromatic carbocycles. The Morgan fingerprint density at radius 2 is 1.68 bits per heavy atom. The van der Waals surface area contributed by atoms with Crippen molar-refractivity contribution in [3.05, 3.63) is 0 Å². The number of carbonyl (C=O) groups excluding carboxylic acids is 1. The Balaban J connectivity index is 1.93. The van der Waals surface area contributed by atoms with Gasteiger partial charge in [0.1, 0.15) is 6.04 Å². The summed E-state index contributed by atoms with van der Waals surface area (Å²) in [6.07, 6.45) is 9.74. The third kappa shape index (κ3) is 3.95. The van der Waals surface area contributed by atoms with E-state index in [2.05, 4.69) is 0 Å². The van der Waals surface area contributed by atoms with Crippen molar-refractivity contribution in [3.63, 3.8) is 0 Å². The molecule has 0 aromatic heterocycles. The first-order chi connectivity index (χ1) is 9.09. The van der Waals surface area contributed by atoms with Gasteiger partial charge in [0.15, 0.2) is 0 Å². The number of carboxylic acid groups (broad SMARTS) is 1. The normalized spacial score (nSPS) is 22.6. The number of nitrogens with zero attached hydrogens (tertiary/aromatic N) is 1. The number of aliphatic carboxylic acids is 1. The highest BCUT2D eigenvalue weighted by molar-refractivity contribution is 5.84. The van der Waals surface area contributed by atoms with Gasteiger partial charge in [-0.2, -0.15) is 0 Å². The molecule has 4 heteroatoms. The minimum atomic E-state index is -0.888. The smallest absolute Gasteiger partial charge is 0.326 e. The van der Waals surface area contributed by atoms with Crippen LogP contribution in [0.1, 0.15) is 64.7 Å². The number of carbonyl (C=O) groups is 2. The van der Waals surface area contributed by atoms with Gasteiger partial charge in [-0.15, -0.1) is 0 Å². The van der Waals surface area contributed by atoms with E-state index in [1.807, 2.05) is 0 Å². The van der Waals surface area contributed by atoms with E-state index in [0.29, 0.717) is 12.3 Å². The number of amides is 1. The van der Waals surface area contributed by atoms with Gasteiger partial charge in [0.25, 0.3) is 0 Å². The molecule has 2 aliphatic carbocycles. The predicted molar refractivity (Wildman–Crippen MR) is 72.8 cm³/mol. The lowest BCUT2D eigenvalue weighted by atomic mass is 9.95. The van der Waals surface area contributed by atoms with Crippen molar-refractivity contribution in [2.45, 2.75) is 76.8 Å². The van der Waals surface area contributed by atoms with Crippen LogP contribution in [0.25, 0.3) is 0 Å². The fraction of sp³-hybridized carbons (Fsp3) is 0.867. The molecule has 108 valence electrons. The van der Waals surface area contributed by atoms with Crippen LogP contribution in [0.2, 0.25) is 0 Å². The van der Waals surface area contributed by atoms with Gasteiger partial charge in [0.2, 0.25) is 5.91 Å². The second-order valence-electron chi connectivity index (χ2n) is 6.11. The van der Waals surface area contributed by atoms with Crippen LogP contribution in [-0.2, 0) is 9.59 Å². The first-order valence-corrected chi connectivity index (χ1v) is 7.63. The van der Waals surface area contributed by atoms with E-state index >= 15 is 0 Å². The summed E-state index contributed by atoms with van der Waals surface area (Å²) in [5, 5.41) is 9.13. The van der Waals surface area contributed by atoms with Gasteiger partial charge in [0.05, 0.1) is 0 Å². The van der Waals surface area contributed by atoms with E-state index in [1.165, 1.54) is 25.7 Å². The van der Waals surface area contributed by atoms with Gasteiger partial charge in [-0.25, -0.2) is 4.79 Å². The Kier molecular flexibility index (Phi) is 4.83. The van der Waals surface area contributed by atoms with Crippen LogP contribution in [0.15, 0.2) is 0 Å². The van der Waals surface area contributed by atoms with Crippen LogP contribution in [-0.4, -0.2) is 34.0 Å². The molecule has 1 atom stereocenters. The third-order valence-electron chi connectivity index (χ3n) is 4.44. The molecule has 0 aromatic rings. The molecule has 0 bridgehead atoms. The standard InChI is InChI=1S/C15H25NO3/c1-11(15(18)19)16(13-8-9-13)14(17)10-12-6-4-2-3-5-7-12/h11-13H,2-10H2,1H3,(H,18,19). The minimum Gasteiger partial charge on any atom is -0.480 e. The van der Waals surface area contributed by atoms with Crippen molar-refractivity contribution in [2.75, 3.05) is 0 Å². The number of rotatable bonds is 5. The molecule has 1 unspecified atom stereocenters. The quantitative estimate of drug-likeness (QED) is 0.779. The van der Waals surface area contributed by atoms with Crippen LogP contribution in [0.5, 0.6) is 0 Å². The summed E-state index contributed by atoms with van der Waals surface area (Å²) >= 11 is 0. The lowest BCUT2D eigenvalue weighted by molar-refractivity contribution is -0.150. The molecular weight excluding hydrogens is 242 g/mol. The van der Waals surface area contributed by atoms with E-state index in [9.17, 15) is 9.59 Å². The maximum Gasteiger partial charge on any atom is 0.326 e. The van der Waals surface area contributed by atoms with E-state index in [0.717, 1.165) is 25.7 Å². The van der Waals surface area contributed by atoms with Gasteiger partial charge < -0.3 is 10.0 Å². The molecule has 4 nitrogen and oxygen atoms in total. The van der Waals surface area contributed by atoms with Gasteiger partial charge in [-0.05, 0) is 38.5 Å². The van der Waals surface area contributed by atoms with Crippen molar-refractivity contribution in [3.8, 4) is 0 Å². The Morgan fingerprint density at radius 1 is 1.11 bits per heavy atom. The highest BCUT2D eigenvalue weighted by atomic mass is 16.4. The molecule has 1 N–H and O–H groups in total. The number of hydrogen-bond acceptors (Lipinski definition) is 2. The molecular formula is C15H25NO3. The Bertz CT molecular complexity index is 330. The summed E-state index contributed by atoms with van der Waals surface area (Å²) in [5.41, 5.74) is 0. The van der Waals surface area contributed by atoms with Crippen LogP contribution >= 0.6 is 0 Å². The molecule has 0 radical (unpaired) electrons. The molecule has 19 heavy (non-hydrogen) atoms.